The van der Waals surface area contributed by atoms with Crippen LogP contribution in [0, 0.1) is 5.41 Å². The van der Waals surface area contributed by atoms with E-state index in [0.29, 0.717) is 11.1 Å². The highest BCUT2D eigenvalue weighted by Crippen LogP contribution is 2.55. The minimum atomic E-state index is -4.42. The lowest BCUT2D eigenvalue weighted by Gasteiger charge is -2.48. The summed E-state index contributed by atoms with van der Waals surface area (Å²) in [5.74, 6) is 0.277. The van der Waals surface area contributed by atoms with Gasteiger partial charge in [-0.05, 0) is 73.1 Å². The zero-order valence-electron chi connectivity index (χ0n) is 20.0. The first-order valence-corrected chi connectivity index (χ1v) is 12.7. The number of nitrogens with zero attached hydrogens (tertiary/aromatic N) is 1. The number of aromatic nitrogens is 1. The highest BCUT2D eigenvalue weighted by atomic mass is 19.4. The zero-order chi connectivity index (χ0) is 24.3. The molecule has 3 aliphatic rings. The Morgan fingerprint density at radius 2 is 1.65 bits per heavy atom. The van der Waals surface area contributed by atoms with Crippen LogP contribution < -0.4 is 0 Å². The van der Waals surface area contributed by atoms with E-state index < -0.39 is 23.9 Å². The number of fused-ring (bicyclic) bond motifs is 1. The van der Waals surface area contributed by atoms with Gasteiger partial charge in [-0.1, -0.05) is 45.2 Å². The van der Waals surface area contributed by atoms with Gasteiger partial charge in [-0.25, -0.2) is 0 Å². The van der Waals surface area contributed by atoms with Crippen LogP contribution in [0.15, 0.2) is 24.3 Å². The third-order valence-electron chi connectivity index (χ3n) is 8.49. The molecule has 3 nitrogen and oxygen atoms in total. The van der Waals surface area contributed by atoms with Gasteiger partial charge in [0.05, 0.1) is 17.4 Å². The van der Waals surface area contributed by atoms with E-state index in [-0.39, 0.29) is 17.3 Å². The van der Waals surface area contributed by atoms with Crippen molar-refractivity contribution in [1.82, 2.24) is 4.98 Å². The van der Waals surface area contributed by atoms with Crippen molar-refractivity contribution in [2.75, 3.05) is 0 Å². The number of hydrogen-bond acceptors (Lipinski definition) is 3. The summed E-state index contributed by atoms with van der Waals surface area (Å²) in [5.41, 5.74) is 4.24. The maximum absolute atomic E-state index is 13.1. The van der Waals surface area contributed by atoms with Crippen molar-refractivity contribution in [1.29, 1.82) is 0 Å². The number of pyridine rings is 1. The average Bonchev–Trinajstić information content (AvgIpc) is 3.30. The van der Waals surface area contributed by atoms with Crippen molar-refractivity contribution >= 4 is 0 Å². The molecule has 0 unspecified atom stereocenters. The largest absolute Gasteiger partial charge is 0.416 e. The smallest absolute Gasteiger partial charge is 0.388 e. The first-order valence-electron chi connectivity index (χ1n) is 12.7. The van der Waals surface area contributed by atoms with E-state index in [2.05, 4.69) is 13.8 Å². The highest BCUT2D eigenvalue weighted by Gasteiger charge is 2.46. The van der Waals surface area contributed by atoms with Gasteiger partial charge in [0.15, 0.2) is 0 Å². The molecule has 2 aromatic rings. The molecule has 0 saturated heterocycles. The maximum Gasteiger partial charge on any atom is 0.416 e. The molecule has 2 N–H and O–H groups in total. The quantitative estimate of drug-likeness (QED) is 0.497. The molecule has 1 aromatic carbocycles. The second-order valence-corrected chi connectivity index (χ2v) is 11.1. The molecule has 0 aliphatic heterocycles. The first kappa shape index (κ1) is 23.8. The van der Waals surface area contributed by atoms with E-state index in [0.717, 1.165) is 86.0 Å². The highest BCUT2D eigenvalue weighted by molar-refractivity contribution is 5.50. The molecule has 184 valence electrons. The number of halogens is 3. The molecule has 2 atom stereocenters. The molecular formula is C28H34F3NO2. The standard InChI is InChI=1S/C28H34F3NO2/c1-16(2)22-23-20(14-27(12-5-13-27)15-21(23)33)32-25(17-6-3-4-7-17)24(22)26(34)18-8-10-19(11-9-18)28(29,30)31/h8-11,16-17,21,26,33-34H,3-7,12-15H2,1-2H3/t21-,26-/m0/s1. The topological polar surface area (TPSA) is 53.4 Å². The van der Waals surface area contributed by atoms with Gasteiger partial charge in [-0.3, -0.25) is 4.98 Å². The molecule has 0 amide bonds. The predicted molar refractivity (Wildman–Crippen MR) is 125 cm³/mol. The Morgan fingerprint density at radius 3 is 2.18 bits per heavy atom. The van der Waals surface area contributed by atoms with E-state index in [4.69, 9.17) is 4.98 Å². The van der Waals surface area contributed by atoms with E-state index in [1.807, 2.05) is 0 Å². The molecule has 1 aromatic heterocycles. The van der Waals surface area contributed by atoms with Crippen LogP contribution in [-0.2, 0) is 12.6 Å². The molecule has 2 saturated carbocycles. The molecule has 0 radical (unpaired) electrons. The van der Waals surface area contributed by atoms with Gasteiger partial charge >= 0.3 is 6.18 Å². The second-order valence-electron chi connectivity index (χ2n) is 11.1. The fraction of sp³-hybridized carbons (Fsp3) is 0.607. The molecule has 1 spiro atoms. The number of aliphatic hydroxyl groups is 2. The monoisotopic (exact) mass is 473 g/mol. The van der Waals surface area contributed by atoms with E-state index in [9.17, 15) is 23.4 Å². The number of benzene rings is 1. The Hall–Kier alpha value is -1.92. The van der Waals surface area contributed by atoms with Crippen LogP contribution in [0.1, 0.15) is 128 Å². The minimum absolute atomic E-state index is 0.0427. The van der Waals surface area contributed by atoms with Gasteiger partial charge < -0.3 is 10.2 Å². The summed E-state index contributed by atoms with van der Waals surface area (Å²) in [4.78, 5) is 5.17. The van der Waals surface area contributed by atoms with Crippen LogP contribution >= 0.6 is 0 Å². The lowest BCUT2D eigenvalue weighted by Crippen LogP contribution is -2.39. The van der Waals surface area contributed by atoms with Gasteiger partial charge in [0, 0.05) is 22.7 Å². The summed E-state index contributed by atoms with van der Waals surface area (Å²) in [6.45, 7) is 4.13. The van der Waals surface area contributed by atoms with Crippen molar-refractivity contribution in [3.05, 3.63) is 63.5 Å². The van der Waals surface area contributed by atoms with Gasteiger partial charge in [-0.15, -0.1) is 0 Å². The Morgan fingerprint density at radius 1 is 1.00 bits per heavy atom. The van der Waals surface area contributed by atoms with Crippen LogP contribution in [0.25, 0.3) is 0 Å². The molecular weight excluding hydrogens is 439 g/mol. The number of rotatable bonds is 4. The maximum atomic E-state index is 13.1. The van der Waals surface area contributed by atoms with Gasteiger partial charge in [0.25, 0.3) is 0 Å². The predicted octanol–water partition coefficient (Wildman–Crippen LogP) is 7.11. The van der Waals surface area contributed by atoms with Gasteiger partial charge in [-0.2, -0.15) is 13.2 Å². The van der Waals surface area contributed by atoms with Crippen molar-refractivity contribution < 1.29 is 23.4 Å². The average molecular weight is 474 g/mol. The van der Waals surface area contributed by atoms with Crippen LogP contribution in [0.2, 0.25) is 0 Å². The Labute approximate surface area is 199 Å². The molecule has 3 aliphatic carbocycles. The van der Waals surface area contributed by atoms with E-state index >= 15 is 0 Å². The van der Waals surface area contributed by atoms with Crippen LogP contribution in [-0.4, -0.2) is 15.2 Å². The SMILES string of the molecule is CC(C)c1c([C@@H](O)c2ccc(C(F)(F)F)cc2)c(C2CCCC2)nc2c1[C@@H](O)CC1(CCC1)C2. The van der Waals surface area contributed by atoms with Crippen LogP contribution in [0.4, 0.5) is 13.2 Å². The van der Waals surface area contributed by atoms with Crippen molar-refractivity contribution in [2.45, 2.75) is 102 Å². The van der Waals surface area contributed by atoms with Crippen LogP contribution in [0.3, 0.4) is 0 Å². The molecule has 2 fully saturated rings. The van der Waals surface area contributed by atoms with Crippen molar-refractivity contribution in [2.24, 2.45) is 5.41 Å². The summed E-state index contributed by atoms with van der Waals surface area (Å²) in [6, 6.07) is 4.80. The lowest BCUT2D eigenvalue weighted by atomic mass is 9.59. The van der Waals surface area contributed by atoms with Gasteiger partial charge in [0.2, 0.25) is 0 Å². The summed E-state index contributed by atoms with van der Waals surface area (Å²) in [5, 5.41) is 22.9. The first-order chi connectivity index (χ1) is 16.1. The number of alkyl halides is 3. The molecule has 1 heterocycles. The van der Waals surface area contributed by atoms with Crippen LogP contribution in [0.5, 0.6) is 0 Å². The fourth-order valence-electron chi connectivity index (χ4n) is 6.65. The van der Waals surface area contributed by atoms with E-state index in [1.165, 1.54) is 18.6 Å². The molecule has 5 rings (SSSR count). The molecule has 0 bridgehead atoms. The Kier molecular flexibility index (Phi) is 6.04. The van der Waals surface area contributed by atoms with Crippen molar-refractivity contribution in [3.8, 4) is 0 Å². The molecule has 34 heavy (non-hydrogen) atoms. The lowest BCUT2D eigenvalue weighted by molar-refractivity contribution is -0.137. The minimum Gasteiger partial charge on any atom is -0.388 e. The summed E-state index contributed by atoms with van der Waals surface area (Å²) >= 11 is 0. The normalized spacial score (nSPS) is 23.2. The molecule has 6 heteroatoms. The fourth-order valence-corrected chi connectivity index (χ4v) is 6.65. The summed E-state index contributed by atoms with van der Waals surface area (Å²) in [6.07, 6.45) is 3.14. The Bertz CT molecular complexity index is 1050. The van der Waals surface area contributed by atoms with Crippen molar-refractivity contribution in [3.63, 3.8) is 0 Å². The number of hydrogen-bond donors (Lipinski definition) is 2. The van der Waals surface area contributed by atoms with Gasteiger partial charge in [0.1, 0.15) is 6.10 Å². The summed E-state index contributed by atoms with van der Waals surface area (Å²) in [7, 11) is 0. The summed E-state index contributed by atoms with van der Waals surface area (Å²) < 4.78 is 39.3. The third kappa shape index (κ3) is 4.07. The number of aliphatic hydroxyl groups excluding tert-OH is 2. The Balaban J connectivity index is 1.66. The second kappa shape index (κ2) is 8.63. The third-order valence-corrected chi connectivity index (χ3v) is 8.49. The van der Waals surface area contributed by atoms with E-state index in [1.54, 1.807) is 0 Å². The zero-order valence-corrected chi connectivity index (χ0v) is 20.0.